The molecule has 4 nitrogen and oxygen atoms in total. The van der Waals surface area contributed by atoms with Gasteiger partial charge in [0.1, 0.15) is 0 Å². The Morgan fingerprint density at radius 1 is 1.43 bits per heavy atom. The smallest absolute Gasteiger partial charge is 0.225 e. The van der Waals surface area contributed by atoms with E-state index in [2.05, 4.69) is 0 Å². The Labute approximate surface area is 83.9 Å². The van der Waals surface area contributed by atoms with Gasteiger partial charge in [0.2, 0.25) is 12.3 Å². The highest BCUT2D eigenvalue weighted by atomic mass is 16.2. The molecule has 2 rings (SSSR count). The lowest BCUT2D eigenvalue weighted by atomic mass is 10.2. The van der Waals surface area contributed by atoms with Crippen LogP contribution in [-0.2, 0) is 9.59 Å². The van der Waals surface area contributed by atoms with E-state index in [1.807, 2.05) is 11.9 Å². The van der Waals surface area contributed by atoms with Gasteiger partial charge in [-0.05, 0) is 19.3 Å². The Morgan fingerprint density at radius 3 is 2.64 bits per heavy atom. The van der Waals surface area contributed by atoms with Crippen molar-refractivity contribution in [2.45, 2.75) is 25.3 Å². The van der Waals surface area contributed by atoms with Gasteiger partial charge in [-0.3, -0.25) is 9.59 Å². The molecule has 14 heavy (non-hydrogen) atoms. The van der Waals surface area contributed by atoms with E-state index in [1.165, 1.54) is 0 Å². The zero-order chi connectivity index (χ0) is 10.1. The molecule has 1 aliphatic carbocycles. The van der Waals surface area contributed by atoms with Crippen molar-refractivity contribution in [1.82, 2.24) is 9.80 Å². The molecular formula is C10H16N2O2. The van der Waals surface area contributed by atoms with E-state index in [4.69, 9.17) is 0 Å². The number of likely N-dealkylation sites (N-methyl/N-ethyl adjacent to an activating group) is 1. The van der Waals surface area contributed by atoms with Crippen molar-refractivity contribution in [3.63, 3.8) is 0 Å². The Morgan fingerprint density at radius 2 is 2.14 bits per heavy atom. The summed E-state index contributed by atoms with van der Waals surface area (Å²) in [6.07, 6.45) is 3.89. The standard InChI is InChI=1S/C10H16N2O2/c1-11(10(14)8-2-3-8)9-4-5-12(6-9)7-13/h7-9H,2-6H2,1H3/t9-/m0/s1. The third-order valence-corrected chi connectivity index (χ3v) is 3.17. The van der Waals surface area contributed by atoms with Crippen LogP contribution in [0.2, 0.25) is 0 Å². The fourth-order valence-electron chi connectivity index (χ4n) is 1.98. The second kappa shape index (κ2) is 3.59. The molecule has 0 aromatic carbocycles. The summed E-state index contributed by atoms with van der Waals surface area (Å²) in [6, 6.07) is 0.244. The molecule has 0 N–H and O–H groups in total. The normalized spacial score (nSPS) is 26.4. The van der Waals surface area contributed by atoms with Crippen molar-refractivity contribution in [2.75, 3.05) is 20.1 Å². The maximum Gasteiger partial charge on any atom is 0.225 e. The first kappa shape index (κ1) is 9.49. The minimum Gasteiger partial charge on any atom is -0.343 e. The van der Waals surface area contributed by atoms with Crippen LogP contribution in [0.15, 0.2) is 0 Å². The first-order valence-electron chi connectivity index (χ1n) is 5.18. The molecule has 1 saturated carbocycles. The van der Waals surface area contributed by atoms with Crippen molar-refractivity contribution in [3.8, 4) is 0 Å². The van der Waals surface area contributed by atoms with Crippen LogP contribution < -0.4 is 0 Å². The second-order valence-corrected chi connectivity index (χ2v) is 4.27. The van der Waals surface area contributed by atoms with Gasteiger partial charge in [-0.25, -0.2) is 0 Å². The van der Waals surface area contributed by atoms with Gasteiger partial charge in [0.25, 0.3) is 0 Å². The highest BCUT2D eigenvalue weighted by Gasteiger charge is 2.36. The molecule has 2 amide bonds. The molecule has 0 radical (unpaired) electrons. The molecule has 0 aromatic heterocycles. The third kappa shape index (κ3) is 1.74. The van der Waals surface area contributed by atoms with Crippen molar-refractivity contribution >= 4 is 12.3 Å². The molecule has 78 valence electrons. The Kier molecular flexibility index (Phi) is 2.44. The van der Waals surface area contributed by atoms with Gasteiger partial charge in [0.15, 0.2) is 0 Å². The highest BCUT2D eigenvalue weighted by Crippen LogP contribution is 2.31. The number of carbonyl (C=O) groups excluding carboxylic acids is 2. The van der Waals surface area contributed by atoms with Crippen LogP contribution in [0, 0.1) is 5.92 Å². The van der Waals surface area contributed by atoms with Crippen molar-refractivity contribution in [2.24, 2.45) is 5.92 Å². The van der Waals surface area contributed by atoms with Gasteiger partial charge in [0, 0.05) is 26.1 Å². The van der Waals surface area contributed by atoms with E-state index in [0.717, 1.165) is 32.2 Å². The number of hydrogen-bond donors (Lipinski definition) is 0. The number of likely N-dealkylation sites (tertiary alicyclic amines) is 1. The maximum atomic E-state index is 11.7. The number of carbonyl (C=O) groups is 2. The summed E-state index contributed by atoms with van der Waals surface area (Å²) < 4.78 is 0. The van der Waals surface area contributed by atoms with E-state index in [9.17, 15) is 9.59 Å². The fraction of sp³-hybridized carbons (Fsp3) is 0.800. The fourth-order valence-corrected chi connectivity index (χ4v) is 1.98. The number of amides is 2. The van der Waals surface area contributed by atoms with E-state index in [1.54, 1.807) is 4.90 Å². The lowest BCUT2D eigenvalue weighted by molar-refractivity contribution is -0.133. The van der Waals surface area contributed by atoms with Crippen LogP contribution in [-0.4, -0.2) is 48.3 Å². The third-order valence-electron chi connectivity index (χ3n) is 3.17. The molecule has 2 fully saturated rings. The molecule has 1 aliphatic heterocycles. The second-order valence-electron chi connectivity index (χ2n) is 4.27. The van der Waals surface area contributed by atoms with Gasteiger partial charge in [-0.1, -0.05) is 0 Å². The van der Waals surface area contributed by atoms with Gasteiger partial charge < -0.3 is 9.80 Å². The number of hydrogen-bond acceptors (Lipinski definition) is 2. The zero-order valence-electron chi connectivity index (χ0n) is 8.48. The molecule has 0 unspecified atom stereocenters. The minimum absolute atomic E-state index is 0.244. The molecule has 1 heterocycles. The Hall–Kier alpha value is -1.06. The Balaban J connectivity index is 1.88. The summed E-state index contributed by atoms with van der Waals surface area (Å²) in [5, 5.41) is 0. The minimum atomic E-state index is 0.244. The van der Waals surface area contributed by atoms with E-state index >= 15 is 0 Å². The predicted molar refractivity (Wildman–Crippen MR) is 51.5 cm³/mol. The molecule has 0 bridgehead atoms. The molecule has 1 atom stereocenters. The molecular weight excluding hydrogens is 180 g/mol. The van der Waals surface area contributed by atoms with E-state index in [0.29, 0.717) is 6.54 Å². The van der Waals surface area contributed by atoms with E-state index in [-0.39, 0.29) is 17.9 Å². The summed E-state index contributed by atoms with van der Waals surface area (Å²) in [7, 11) is 1.86. The Bertz CT molecular complexity index is 251. The number of rotatable bonds is 3. The first-order valence-corrected chi connectivity index (χ1v) is 5.18. The molecule has 4 heteroatoms. The van der Waals surface area contributed by atoms with Crippen LogP contribution in [0.3, 0.4) is 0 Å². The van der Waals surface area contributed by atoms with Crippen LogP contribution in [0.25, 0.3) is 0 Å². The lowest BCUT2D eigenvalue weighted by Crippen LogP contribution is -2.39. The van der Waals surface area contributed by atoms with Crippen LogP contribution in [0.4, 0.5) is 0 Å². The topological polar surface area (TPSA) is 40.6 Å². The average Bonchev–Trinajstić information content (AvgIpc) is 2.94. The van der Waals surface area contributed by atoms with Gasteiger partial charge in [-0.15, -0.1) is 0 Å². The summed E-state index contributed by atoms with van der Waals surface area (Å²) in [5.74, 6) is 0.549. The van der Waals surface area contributed by atoms with Gasteiger partial charge in [-0.2, -0.15) is 0 Å². The highest BCUT2D eigenvalue weighted by molar-refractivity contribution is 5.81. The lowest BCUT2D eigenvalue weighted by Gasteiger charge is -2.24. The molecule has 0 spiro atoms. The summed E-state index contributed by atoms with van der Waals surface area (Å²) >= 11 is 0. The number of nitrogens with zero attached hydrogens (tertiary/aromatic N) is 2. The van der Waals surface area contributed by atoms with Crippen LogP contribution in [0.1, 0.15) is 19.3 Å². The predicted octanol–water partition coefficient (Wildman–Crippen LogP) is 0.0855. The zero-order valence-corrected chi connectivity index (χ0v) is 8.48. The largest absolute Gasteiger partial charge is 0.343 e. The average molecular weight is 196 g/mol. The summed E-state index contributed by atoms with van der Waals surface area (Å²) in [4.78, 5) is 25.8. The van der Waals surface area contributed by atoms with Crippen molar-refractivity contribution in [1.29, 1.82) is 0 Å². The molecule has 2 aliphatic rings. The maximum absolute atomic E-state index is 11.7. The molecule has 0 aromatic rings. The summed E-state index contributed by atoms with van der Waals surface area (Å²) in [5.41, 5.74) is 0. The monoisotopic (exact) mass is 196 g/mol. The van der Waals surface area contributed by atoms with Crippen molar-refractivity contribution in [3.05, 3.63) is 0 Å². The van der Waals surface area contributed by atoms with Crippen LogP contribution >= 0.6 is 0 Å². The molecule has 1 saturated heterocycles. The van der Waals surface area contributed by atoms with Gasteiger partial charge >= 0.3 is 0 Å². The summed E-state index contributed by atoms with van der Waals surface area (Å²) in [6.45, 7) is 1.49. The SMILES string of the molecule is CN(C(=O)C1CC1)[C@H]1CCN(C=O)C1. The first-order chi connectivity index (χ1) is 6.72. The van der Waals surface area contributed by atoms with Crippen LogP contribution in [0.5, 0.6) is 0 Å². The van der Waals surface area contributed by atoms with E-state index < -0.39 is 0 Å². The van der Waals surface area contributed by atoms with Gasteiger partial charge in [0.05, 0.1) is 6.04 Å². The quantitative estimate of drug-likeness (QED) is 0.600. The van der Waals surface area contributed by atoms with Crippen molar-refractivity contribution < 1.29 is 9.59 Å².